The van der Waals surface area contributed by atoms with E-state index < -0.39 is 0 Å². The van der Waals surface area contributed by atoms with Gasteiger partial charge >= 0.3 is 0 Å². The fourth-order valence-corrected chi connectivity index (χ4v) is 5.06. The molecule has 0 saturated carbocycles. The van der Waals surface area contributed by atoms with E-state index in [4.69, 9.17) is 0 Å². The van der Waals surface area contributed by atoms with Gasteiger partial charge in [0.1, 0.15) is 5.75 Å². The van der Waals surface area contributed by atoms with Crippen LogP contribution in [0.4, 0.5) is 0 Å². The lowest BCUT2D eigenvalue weighted by Gasteiger charge is -2.52. The molecule has 2 heteroatoms. The molecule has 2 heterocycles. The van der Waals surface area contributed by atoms with Gasteiger partial charge in [-0.15, -0.1) is 0 Å². The van der Waals surface area contributed by atoms with E-state index in [0.29, 0.717) is 23.6 Å². The van der Waals surface area contributed by atoms with E-state index in [1.54, 1.807) is 6.07 Å². The van der Waals surface area contributed by atoms with Crippen LogP contribution in [0.2, 0.25) is 0 Å². The summed E-state index contributed by atoms with van der Waals surface area (Å²) >= 11 is 0. The van der Waals surface area contributed by atoms with Crippen LogP contribution in [0, 0.1) is 5.92 Å². The lowest BCUT2D eigenvalue weighted by molar-refractivity contribution is 0.0233. The van der Waals surface area contributed by atoms with Gasteiger partial charge in [0.2, 0.25) is 0 Å². The smallest absolute Gasteiger partial charge is 0.115 e. The Kier molecular flexibility index (Phi) is 4.33. The minimum atomic E-state index is 0.152. The van der Waals surface area contributed by atoms with Crippen LogP contribution in [0.5, 0.6) is 5.75 Å². The monoisotopic (exact) mass is 335 g/mol. The van der Waals surface area contributed by atoms with Crippen molar-refractivity contribution in [2.24, 2.45) is 5.92 Å². The number of benzene rings is 2. The molecule has 0 radical (unpaired) electrons. The largest absolute Gasteiger partial charge is 0.508 e. The minimum Gasteiger partial charge on any atom is -0.508 e. The minimum absolute atomic E-state index is 0.152. The maximum Gasteiger partial charge on any atom is 0.115 e. The SMILES string of the molecule is C[C@H]1CN2C[C@@H](c3ccccc3)CC[C@@H]2C[C@@]1(C)c1cccc(O)c1. The van der Waals surface area contributed by atoms with Crippen molar-refractivity contribution in [3.63, 3.8) is 0 Å². The molecule has 0 unspecified atom stereocenters. The molecule has 2 aromatic carbocycles. The zero-order valence-corrected chi connectivity index (χ0v) is 15.4. The summed E-state index contributed by atoms with van der Waals surface area (Å²) in [5, 5.41) is 9.93. The zero-order chi connectivity index (χ0) is 17.4. The van der Waals surface area contributed by atoms with Gasteiger partial charge in [0.05, 0.1) is 0 Å². The molecule has 25 heavy (non-hydrogen) atoms. The van der Waals surface area contributed by atoms with Gasteiger partial charge in [-0.05, 0) is 59.8 Å². The molecule has 0 bridgehead atoms. The van der Waals surface area contributed by atoms with Crippen molar-refractivity contribution in [3.8, 4) is 5.75 Å². The van der Waals surface area contributed by atoms with Gasteiger partial charge in [0.15, 0.2) is 0 Å². The summed E-state index contributed by atoms with van der Waals surface area (Å²) in [6, 6.07) is 19.6. The van der Waals surface area contributed by atoms with Gasteiger partial charge < -0.3 is 5.11 Å². The molecule has 0 aliphatic carbocycles. The number of phenols is 1. The fourth-order valence-electron chi connectivity index (χ4n) is 5.06. The first-order valence-corrected chi connectivity index (χ1v) is 9.65. The first-order valence-electron chi connectivity index (χ1n) is 9.65. The Morgan fingerprint density at radius 1 is 1.00 bits per heavy atom. The summed E-state index contributed by atoms with van der Waals surface area (Å²) < 4.78 is 0. The molecule has 4 atom stereocenters. The van der Waals surface area contributed by atoms with E-state index in [0.717, 1.165) is 6.54 Å². The van der Waals surface area contributed by atoms with Crippen LogP contribution in [0.1, 0.15) is 50.2 Å². The van der Waals surface area contributed by atoms with Crippen molar-refractivity contribution in [2.45, 2.75) is 50.5 Å². The average Bonchev–Trinajstić information content (AvgIpc) is 2.63. The van der Waals surface area contributed by atoms with Crippen molar-refractivity contribution in [1.82, 2.24) is 4.90 Å². The number of hydrogen-bond acceptors (Lipinski definition) is 2. The van der Waals surface area contributed by atoms with E-state index in [1.807, 2.05) is 12.1 Å². The molecule has 132 valence electrons. The van der Waals surface area contributed by atoms with Crippen LogP contribution >= 0.6 is 0 Å². The lowest BCUT2D eigenvalue weighted by atomic mass is 9.64. The predicted octanol–water partition coefficient (Wildman–Crippen LogP) is 4.94. The lowest BCUT2D eigenvalue weighted by Crippen LogP contribution is -2.55. The number of nitrogens with zero attached hydrogens (tertiary/aromatic N) is 1. The number of phenolic OH excluding ortho intramolecular Hbond substituents is 1. The number of rotatable bonds is 2. The molecule has 2 aromatic rings. The Hall–Kier alpha value is -1.80. The van der Waals surface area contributed by atoms with Crippen LogP contribution in [-0.4, -0.2) is 29.1 Å². The van der Waals surface area contributed by atoms with Gasteiger partial charge in [-0.3, -0.25) is 4.90 Å². The first-order chi connectivity index (χ1) is 12.1. The zero-order valence-electron chi connectivity index (χ0n) is 15.4. The average molecular weight is 335 g/mol. The van der Waals surface area contributed by atoms with E-state index in [9.17, 15) is 5.11 Å². The highest BCUT2D eigenvalue weighted by Crippen LogP contribution is 2.46. The summed E-state index contributed by atoms with van der Waals surface area (Å²) in [7, 11) is 0. The summed E-state index contributed by atoms with van der Waals surface area (Å²) in [4.78, 5) is 2.73. The van der Waals surface area contributed by atoms with E-state index in [-0.39, 0.29) is 5.41 Å². The van der Waals surface area contributed by atoms with Gasteiger partial charge in [-0.1, -0.05) is 56.3 Å². The number of hydrogen-bond donors (Lipinski definition) is 1. The Morgan fingerprint density at radius 3 is 2.56 bits per heavy atom. The van der Waals surface area contributed by atoms with Crippen molar-refractivity contribution in [1.29, 1.82) is 0 Å². The highest BCUT2D eigenvalue weighted by Gasteiger charge is 2.44. The normalized spacial score (nSPS) is 33.0. The maximum atomic E-state index is 9.93. The molecular formula is C23H29NO. The van der Waals surface area contributed by atoms with Crippen molar-refractivity contribution < 1.29 is 5.11 Å². The number of fused-ring (bicyclic) bond motifs is 1. The van der Waals surface area contributed by atoms with E-state index in [2.05, 4.69) is 55.1 Å². The Labute approximate surface area is 151 Å². The molecule has 2 saturated heterocycles. The molecule has 2 nitrogen and oxygen atoms in total. The fraction of sp³-hybridized carbons (Fsp3) is 0.478. The third kappa shape index (κ3) is 3.08. The van der Waals surface area contributed by atoms with Crippen molar-refractivity contribution >= 4 is 0 Å². The molecule has 2 fully saturated rings. The summed E-state index contributed by atoms with van der Waals surface area (Å²) in [5.41, 5.74) is 2.94. The summed E-state index contributed by atoms with van der Waals surface area (Å²) in [6.07, 6.45) is 3.76. The Morgan fingerprint density at radius 2 is 1.80 bits per heavy atom. The van der Waals surface area contributed by atoms with Crippen LogP contribution in [-0.2, 0) is 5.41 Å². The molecule has 0 amide bonds. The number of piperidine rings is 2. The Balaban J connectivity index is 1.53. The van der Waals surface area contributed by atoms with Gasteiger partial charge in [-0.2, -0.15) is 0 Å². The van der Waals surface area contributed by atoms with Crippen molar-refractivity contribution in [3.05, 3.63) is 65.7 Å². The summed E-state index contributed by atoms with van der Waals surface area (Å²) in [6.45, 7) is 7.12. The molecule has 1 N–H and O–H groups in total. The van der Waals surface area contributed by atoms with Crippen LogP contribution < -0.4 is 0 Å². The predicted molar refractivity (Wildman–Crippen MR) is 103 cm³/mol. The maximum absolute atomic E-state index is 9.93. The van der Waals surface area contributed by atoms with Gasteiger partial charge in [-0.25, -0.2) is 0 Å². The standard InChI is InChI=1S/C23H29NO/c1-17-15-24-16-19(18-7-4-3-5-8-18)11-12-21(24)14-23(17,2)20-9-6-10-22(25)13-20/h3-10,13,17,19,21,25H,11-12,14-16H2,1-2H3/t17-,19-,21+,23+/m0/s1. The second-order valence-corrected chi connectivity index (χ2v) is 8.37. The quantitative estimate of drug-likeness (QED) is 0.840. The molecule has 0 aromatic heterocycles. The van der Waals surface area contributed by atoms with Crippen molar-refractivity contribution in [2.75, 3.05) is 13.1 Å². The van der Waals surface area contributed by atoms with Crippen LogP contribution in [0.3, 0.4) is 0 Å². The van der Waals surface area contributed by atoms with Gasteiger partial charge in [0.25, 0.3) is 0 Å². The van der Waals surface area contributed by atoms with E-state index >= 15 is 0 Å². The van der Waals surface area contributed by atoms with Crippen LogP contribution in [0.25, 0.3) is 0 Å². The molecule has 2 aliphatic heterocycles. The Bertz CT molecular complexity index is 728. The topological polar surface area (TPSA) is 23.5 Å². The molecular weight excluding hydrogens is 306 g/mol. The second-order valence-electron chi connectivity index (χ2n) is 8.37. The highest BCUT2D eigenvalue weighted by atomic mass is 16.3. The second kappa shape index (κ2) is 6.49. The van der Waals surface area contributed by atoms with Crippen LogP contribution in [0.15, 0.2) is 54.6 Å². The number of aromatic hydroxyl groups is 1. The third-order valence-electron chi connectivity index (χ3n) is 6.85. The molecule has 2 aliphatic rings. The highest BCUT2D eigenvalue weighted by molar-refractivity contribution is 5.34. The van der Waals surface area contributed by atoms with Gasteiger partial charge in [0, 0.05) is 19.1 Å². The third-order valence-corrected chi connectivity index (χ3v) is 6.85. The van der Waals surface area contributed by atoms with E-state index in [1.165, 1.54) is 36.9 Å². The summed E-state index contributed by atoms with van der Waals surface area (Å²) in [5.74, 6) is 1.65. The first kappa shape index (κ1) is 16.7. The molecule has 4 rings (SSSR count). The molecule has 0 spiro atoms.